The Morgan fingerprint density at radius 1 is 1.23 bits per heavy atom. The van der Waals surface area contributed by atoms with E-state index in [4.69, 9.17) is 0 Å². The zero-order valence-corrected chi connectivity index (χ0v) is 23.7. The van der Waals surface area contributed by atoms with Crippen LogP contribution in [-0.4, -0.2) is 60.8 Å². The first-order valence-corrected chi connectivity index (χ1v) is 13.7. The Labute approximate surface area is 232 Å². The van der Waals surface area contributed by atoms with Gasteiger partial charge in [-0.05, 0) is 69.5 Å². The Kier molecular flexibility index (Phi) is 8.70. The monoisotopic (exact) mass is 527 g/mol. The molecule has 1 atom stereocenters. The number of rotatable bonds is 9. The molecule has 0 radical (unpaired) electrons. The first-order chi connectivity index (χ1) is 18.6. The Hall–Kier alpha value is -3.71. The first kappa shape index (κ1) is 28.3. The van der Waals surface area contributed by atoms with Gasteiger partial charge < -0.3 is 20.4 Å². The average Bonchev–Trinajstić information content (AvgIpc) is 3.70. The smallest absolute Gasteiger partial charge is 0.251 e. The van der Waals surface area contributed by atoms with Gasteiger partial charge in [0.05, 0.1) is 23.3 Å². The van der Waals surface area contributed by atoms with Crippen molar-refractivity contribution in [3.8, 4) is 0 Å². The summed E-state index contributed by atoms with van der Waals surface area (Å²) in [6.07, 6.45) is 19.4. The van der Waals surface area contributed by atoms with E-state index in [1.54, 1.807) is 12.3 Å². The van der Waals surface area contributed by atoms with Crippen molar-refractivity contribution in [3.63, 3.8) is 0 Å². The van der Waals surface area contributed by atoms with Gasteiger partial charge in [-0.25, -0.2) is 0 Å². The first-order valence-electron chi connectivity index (χ1n) is 13.7. The molecule has 2 aliphatic carbocycles. The quantitative estimate of drug-likeness (QED) is 0.261. The molecule has 2 N–H and O–H groups in total. The lowest BCUT2D eigenvalue weighted by Crippen LogP contribution is -2.32. The maximum Gasteiger partial charge on any atom is 0.251 e. The second kappa shape index (κ2) is 12.0. The normalized spacial score (nSPS) is 20.7. The van der Waals surface area contributed by atoms with Crippen LogP contribution >= 0.6 is 0 Å². The van der Waals surface area contributed by atoms with Crippen LogP contribution in [0.1, 0.15) is 31.4 Å². The van der Waals surface area contributed by atoms with Crippen LogP contribution in [-0.2, 0) is 9.59 Å². The number of anilines is 2. The highest BCUT2D eigenvalue weighted by atomic mass is 16.2. The third-order valence-corrected chi connectivity index (χ3v) is 7.82. The lowest BCUT2D eigenvalue weighted by Gasteiger charge is -2.28. The molecule has 3 aliphatic rings. The van der Waals surface area contributed by atoms with Crippen molar-refractivity contribution in [2.45, 2.75) is 32.6 Å². The number of hydrogen-bond acceptors (Lipinski definition) is 5. The molecule has 1 aliphatic heterocycles. The predicted octanol–water partition coefficient (Wildman–Crippen LogP) is 5.25. The number of aromatic nitrogens is 1. The molecular formula is C32H41N5O2. The number of carbonyl (C=O) groups is 2. The molecule has 4 rings (SSSR count). The SMILES string of the molecule is C=C/C(=C\N(C)C)C1=CC2(C=C2)C(C(=C)C(=O)Nc2cc(NC(=O)CC3CCN(C)CC3)cnc2C)CC=C1. The third kappa shape index (κ3) is 7.03. The van der Waals surface area contributed by atoms with Gasteiger partial charge >= 0.3 is 0 Å². The van der Waals surface area contributed by atoms with Gasteiger partial charge in [0.1, 0.15) is 0 Å². The molecule has 0 aromatic carbocycles. The fourth-order valence-corrected chi connectivity index (χ4v) is 5.35. The number of nitrogens with zero attached hydrogens (tertiary/aromatic N) is 3. The van der Waals surface area contributed by atoms with Crippen molar-refractivity contribution in [2.24, 2.45) is 17.3 Å². The minimum absolute atomic E-state index is 0.0197. The summed E-state index contributed by atoms with van der Waals surface area (Å²) in [5, 5.41) is 5.97. The molecule has 0 bridgehead atoms. The number of piperidine rings is 1. The van der Waals surface area contributed by atoms with Crippen LogP contribution in [0.25, 0.3) is 0 Å². The molecule has 1 unspecified atom stereocenters. The topological polar surface area (TPSA) is 77.6 Å². The molecule has 206 valence electrons. The summed E-state index contributed by atoms with van der Waals surface area (Å²) in [7, 11) is 6.08. The van der Waals surface area contributed by atoms with E-state index in [0.29, 0.717) is 41.4 Å². The molecule has 7 nitrogen and oxygen atoms in total. The standard InChI is InChI=1S/C32H41N5O2/c1-7-25(21-36(4)5)26-9-8-10-28(32(19-26)13-14-32)22(2)31(39)35-29-18-27(20-33-23(29)3)34-30(38)17-24-11-15-37(6)16-12-24/h7-9,13-14,18-21,24,28H,1-2,10-12,15-17H2,3-6H3,(H,34,38)(H,35,39)/b25-21+. The van der Waals surface area contributed by atoms with E-state index in [9.17, 15) is 9.59 Å². The summed E-state index contributed by atoms with van der Waals surface area (Å²) >= 11 is 0. The highest BCUT2D eigenvalue weighted by molar-refractivity contribution is 6.04. The van der Waals surface area contributed by atoms with Gasteiger partial charge in [-0.3, -0.25) is 14.6 Å². The summed E-state index contributed by atoms with van der Waals surface area (Å²) in [6.45, 7) is 12.1. The molecule has 39 heavy (non-hydrogen) atoms. The van der Waals surface area contributed by atoms with Crippen molar-refractivity contribution in [3.05, 3.63) is 90.5 Å². The van der Waals surface area contributed by atoms with Crippen LogP contribution < -0.4 is 10.6 Å². The van der Waals surface area contributed by atoms with Gasteiger partial charge in [-0.2, -0.15) is 0 Å². The highest BCUT2D eigenvalue weighted by Gasteiger charge is 2.43. The van der Waals surface area contributed by atoms with Crippen LogP contribution in [0, 0.1) is 24.2 Å². The molecule has 1 saturated heterocycles. The largest absolute Gasteiger partial charge is 0.383 e. The second-order valence-electron chi connectivity index (χ2n) is 11.2. The number of allylic oxidation sites excluding steroid dienone is 8. The fourth-order valence-electron chi connectivity index (χ4n) is 5.35. The lowest BCUT2D eigenvalue weighted by atomic mass is 9.79. The molecule has 0 saturated carbocycles. The highest BCUT2D eigenvalue weighted by Crippen LogP contribution is 2.51. The van der Waals surface area contributed by atoms with E-state index in [-0.39, 0.29) is 23.1 Å². The molecule has 1 aromatic rings. The Balaban J connectivity index is 1.42. The number of pyridine rings is 1. The van der Waals surface area contributed by atoms with Crippen LogP contribution in [0.5, 0.6) is 0 Å². The van der Waals surface area contributed by atoms with Crippen molar-refractivity contribution in [2.75, 3.05) is 44.9 Å². The average molecular weight is 528 g/mol. The number of amides is 2. The Bertz CT molecular complexity index is 1260. The molecule has 2 heterocycles. The van der Waals surface area contributed by atoms with Crippen LogP contribution in [0.2, 0.25) is 0 Å². The molecule has 1 aromatic heterocycles. The summed E-state index contributed by atoms with van der Waals surface area (Å²) < 4.78 is 0. The van der Waals surface area contributed by atoms with E-state index in [0.717, 1.165) is 37.1 Å². The minimum Gasteiger partial charge on any atom is -0.383 e. The fraction of sp³-hybridized carbons (Fsp3) is 0.406. The van der Waals surface area contributed by atoms with Gasteiger partial charge in [0.15, 0.2) is 0 Å². The number of likely N-dealkylation sites (tertiary alicyclic amines) is 1. The zero-order chi connectivity index (χ0) is 28.2. The van der Waals surface area contributed by atoms with E-state index in [2.05, 4.69) is 71.1 Å². The lowest BCUT2D eigenvalue weighted by molar-refractivity contribution is -0.117. The summed E-state index contributed by atoms with van der Waals surface area (Å²) in [5.41, 5.74) is 4.11. The summed E-state index contributed by atoms with van der Waals surface area (Å²) in [4.78, 5) is 34.8. The number of aryl methyl sites for hydroxylation is 1. The van der Waals surface area contributed by atoms with Crippen LogP contribution in [0.4, 0.5) is 11.4 Å². The summed E-state index contributed by atoms with van der Waals surface area (Å²) in [6, 6.07) is 1.78. The van der Waals surface area contributed by atoms with Crippen molar-refractivity contribution in [1.82, 2.24) is 14.8 Å². The van der Waals surface area contributed by atoms with Crippen molar-refractivity contribution < 1.29 is 9.59 Å². The van der Waals surface area contributed by atoms with Crippen molar-refractivity contribution in [1.29, 1.82) is 0 Å². The molecule has 2 amide bonds. The molecule has 1 spiro atoms. The predicted molar refractivity (Wildman–Crippen MR) is 159 cm³/mol. The molecule has 1 fully saturated rings. The number of hydrogen-bond donors (Lipinski definition) is 2. The minimum atomic E-state index is -0.321. The van der Waals surface area contributed by atoms with Gasteiger partial charge in [-0.15, -0.1) is 0 Å². The second-order valence-corrected chi connectivity index (χ2v) is 11.2. The molecule has 7 heteroatoms. The van der Waals surface area contributed by atoms with E-state index in [1.807, 2.05) is 38.2 Å². The van der Waals surface area contributed by atoms with Gasteiger partial charge in [-0.1, -0.05) is 49.6 Å². The maximum absolute atomic E-state index is 13.4. The third-order valence-electron chi connectivity index (χ3n) is 7.82. The van der Waals surface area contributed by atoms with Crippen molar-refractivity contribution >= 4 is 23.2 Å². The zero-order valence-electron chi connectivity index (χ0n) is 23.7. The van der Waals surface area contributed by atoms with Gasteiger partial charge in [0.2, 0.25) is 5.91 Å². The van der Waals surface area contributed by atoms with Crippen LogP contribution in [0.3, 0.4) is 0 Å². The maximum atomic E-state index is 13.4. The number of carbonyl (C=O) groups excluding carboxylic acids is 2. The Morgan fingerprint density at radius 2 is 1.95 bits per heavy atom. The number of nitrogens with one attached hydrogen (secondary N) is 2. The summed E-state index contributed by atoms with van der Waals surface area (Å²) in [5.74, 6) is 0.0384. The van der Waals surface area contributed by atoms with Crippen LogP contribution in [0.15, 0.2) is 84.8 Å². The Morgan fingerprint density at radius 3 is 2.59 bits per heavy atom. The van der Waals surface area contributed by atoms with E-state index < -0.39 is 0 Å². The van der Waals surface area contributed by atoms with Gasteiger partial charge in [0, 0.05) is 43.6 Å². The molecular weight excluding hydrogens is 486 g/mol. The van der Waals surface area contributed by atoms with E-state index >= 15 is 0 Å². The van der Waals surface area contributed by atoms with Gasteiger partial charge in [0.25, 0.3) is 5.91 Å². The van der Waals surface area contributed by atoms with E-state index in [1.165, 1.54) is 0 Å².